The topological polar surface area (TPSA) is 95.9 Å². The van der Waals surface area contributed by atoms with E-state index in [-0.39, 0.29) is 18.5 Å². The van der Waals surface area contributed by atoms with Crippen LogP contribution >= 0.6 is 0 Å². The number of allylic oxidation sites excluding steroid dienone is 3. The number of hydrogen-bond acceptors (Lipinski definition) is 5. The maximum Gasteiger partial charge on any atom is 0.305 e. The number of aliphatic hydroxyl groups excluding tert-OH is 2. The number of esters is 1. The van der Waals surface area contributed by atoms with Gasteiger partial charge in [-0.1, -0.05) is 237 Å². The molecule has 0 aromatic carbocycles. The van der Waals surface area contributed by atoms with Gasteiger partial charge in [-0.3, -0.25) is 9.59 Å². The van der Waals surface area contributed by atoms with Gasteiger partial charge in [0.2, 0.25) is 5.91 Å². The average molecular weight is 846 g/mol. The highest BCUT2D eigenvalue weighted by Crippen LogP contribution is 2.16. The smallest absolute Gasteiger partial charge is 0.305 e. The molecule has 0 saturated heterocycles. The molecule has 0 aliphatic rings. The van der Waals surface area contributed by atoms with Crippen molar-refractivity contribution in [2.45, 2.75) is 296 Å². The number of hydrogen-bond donors (Lipinski definition) is 3. The molecule has 6 nitrogen and oxygen atoms in total. The number of rotatable bonds is 49. The molecule has 0 radical (unpaired) electrons. The standard InChI is InChI=1S/C54H103NO5/c1-3-5-7-9-11-13-15-17-24-28-32-36-40-44-48-54(59)60-49-45-41-37-33-29-25-21-19-18-20-23-27-31-35-39-43-47-53(58)55-51(50-56)52(57)46-42-38-34-30-26-22-16-14-12-10-8-6-4-2/h18,20,42,46,51-52,56-57H,3-17,19,21-41,43-45,47-50H2,1-2H3,(H,55,58)/b20-18-,46-42+. The molecule has 0 bridgehead atoms. The van der Waals surface area contributed by atoms with Gasteiger partial charge >= 0.3 is 5.97 Å². The summed E-state index contributed by atoms with van der Waals surface area (Å²) in [7, 11) is 0. The van der Waals surface area contributed by atoms with Gasteiger partial charge in [-0.2, -0.15) is 0 Å². The molecule has 2 atom stereocenters. The van der Waals surface area contributed by atoms with Crippen molar-refractivity contribution >= 4 is 11.9 Å². The van der Waals surface area contributed by atoms with Gasteiger partial charge in [-0.15, -0.1) is 0 Å². The third-order valence-corrected chi connectivity index (χ3v) is 12.2. The number of nitrogens with one attached hydrogen (secondary N) is 1. The monoisotopic (exact) mass is 846 g/mol. The van der Waals surface area contributed by atoms with Crippen LogP contribution in [0.15, 0.2) is 24.3 Å². The van der Waals surface area contributed by atoms with Crippen molar-refractivity contribution in [1.82, 2.24) is 5.32 Å². The lowest BCUT2D eigenvalue weighted by atomic mass is 10.0. The SMILES string of the molecule is CCCCCCCCCCCCC/C=C/C(O)C(CO)NC(=O)CCCCCCC/C=C\CCCCCCCCCOC(=O)CCCCCCCCCCCCCCCC. The highest BCUT2D eigenvalue weighted by Gasteiger charge is 2.18. The number of amides is 1. The maximum absolute atomic E-state index is 12.4. The molecule has 3 N–H and O–H groups in total. The lowest BCUT2D eigenvalue weighted by molar-refractivity contribution is -0.143. The van der Waals surface area contributed by atoms with Gasteiger partial charge in [0, 0.05) is 12.8 Å². The molecule has 1 amide bonds. The molecule has 2 unspecified atom stereocenters. The Morgan fingerprint density at radius 1 is 0.450 bits per heavy atom. The van der Waals surface area contributed by atoms with E-state index in [0.29, 0.717) is 19.4 Å². The van der Waals surface area contributed by atoms with Gasteiger partial charge in [0.05, 0.1) is 25.4 Å². The zero-order valence-corrected chi connectivity index (χ0v) is 40.2. The van der Waals surface area contributed by atoms with E-state index >= 15 is 0 Å². The van der Waals surface area contributed by atoms with Crippen LogP contribution < -0.4 is 5.32 Å². The van der Waals surface area contributed by atoms with Gasteiger partial charge in [-0.25, -0.2) is 0 Å². The van der Waals surface area contributed by atoms with Crippen LogP contribution in [0.1, 0.15) is 284 Å². The number of ether oxygens (including phenoxy) is 1. The minimum Gasteiger partial charge on any atom is -0.466 e. The highest BCUT2D eigenvalue weighted by molar-refractivity contribution is 5.76. The molecule has 0 aliphatic carbocycles. The highest BCUT2D eigenvalue weighted by atomic mass is 16.5. The number of carbonyl (C=O) groups excluding carboxylic acids is 2. The first-order valence-corrected chi connectivity index (χ1v) is 26.6. The van der Waals surface area contributed by atoms with E-state index in [2.05, 4.69) is 31.3 Å². The fourth-order valence-corrected chi connectivity index (χ4v) is 8.10. The zero-order chi connectivity index (χ0) is 43.7. The Kier molecular flexibility index (Phi) is 48.6. The molecule has 0 saturated carbocycles. The lowest BCUT2D eigenvalue weighted by Crippen LogP contribution is -2.45. The van der Waals surface area contributed by atoms with E-state index in [1.165, 1.54) is 193 Å². The van der Waals surface area contributed by atoms with E-state index < -0.39 is 12.1 Å². The Hall–Kier alpha value is -1.66. The van der Waals surface area contributed by atoms with Crippen LogP contribution in [0.5, 0.6) is 0 Å². The lowest BCUT2D eigenvalue weighted by Gasteiger charge is -2.20. The van der Waals surface area contributed by atoms with Crippen molar-refractivity contribution in [3.8, 4) is 0 Å². The molecular formula is C54H103NO5. The Balaban J connectivity index is 3.48. The second kappa shape index (κ2) is 50.0. The predicted molar refractivity (Wildman–Crippen MR) is 260 cm³/mol. The zero-order valence-electron chi connectivity index (χ0n) is 40.2. The van der Waals surface area contributed by atoms with Crippen molar-refractivity contribution < 1.29 is 24.5 Å². The Bertz CT molecular complexity index is 935. The molecule has 354 valence electrons. The summed E-state index contributed by atoms with van der Waals surface area (Å²) < 4.78 is 5.46. The summed E-state index contributed by atoms with van der Waals surface area (Å²) in [5.74, 6) is -0.0871. The van der Waals surface area contributed by atoms with Crippen LogP contribution in [-0.4, -0.2) is 47.4 Å². The van der Waals surface area contributed by atoms with Gasteiger partial charge in [0.15, 0.2) is 0 Å². The molecule has 0 heterocycles. The van der Waals surface area contributed by atoms with Gasteiger partial charge in [-0.05, 0) is 57.8 Å². The van der Waals surface area contributed by atoms with E-state index in [9.17, 15) is 19.8 Å². The molecule has 0 aliphatic heterocycles. The summed E-state index contributed by atoms with van der Waals surface area (Å²) in [6.45, 7) is 4.88. The van der Waals surface area contributed by atoms with Crippen LogP contribution in [-0.2, 0) is 14.3 Å². The van der Waals surface area contributed by atoms with Crippen molar-refractivity contribution in [1.29, 1.82) is 0 Å². The van der Waals surface area contributed by atoms with Crippen molar-refractivity contribution in [2.24, 2.45) is 0 Å². The summed E-state index contributed by atoms with van der Waals surface area (Å²) in [5.41, 5.74) is 0. The summed E-state index contributed by atoms with van der Waals surface area (Å²) in [6, 6.07) is -0.638. The van der Waals surface area contributed by atoms with Crippen LogP contribution in [0.2, 0.25) is 0 Å². The minimum absolute atomic E-state index is 0.00189. The first-order valence-electron chi connectivity index (χ1n) is 26.6. The van der Waals surface area contributed by atoms with E-state index in [0.717, 1.165) is 64.2 Å². The number of carbonyl (C=O) groups is 2. The third-order valence-electron chi connectivity index (χ3n) is 12.2. The second-order valence-electron chi connectivity index (χ2n) is 18.2. The first-order chi connectivity index (χ1) is 29.5. The van der Waals surface area contributed by atoms with Crippen LogP contribution in [0.3, 0.4) is 0 Å². The quantitative estimate of drug-likeness (QED) is 0.0322. The fourth-order valence-electron chi connectivity index (χ4n) is 8.10. The summed E-state index contributed by atoms with van der Waals surface area (Å²) in [5, 5.41) is 23.0. The largest absolute Gasteiger partial charge is 0.466 e. The van der Waals surface area contributed by atoms with Crippen molar-refractivity contribution in [2.75, 3.05) is 13.2 Å². The van der Waals surface area contributed by atoms with Crippen LogP contribution in [0, 0.1) is 0 Å². The molecule has 0 rings (SSSR count). The molecule has 60 heavy (non-hydrogen) atoms. The van der Waals surface area contributed by atoms with Gasteiger partial charge in [0.25, 0.3) is 0 Å². The molecule has 0 spiro atoms. The van der Waals surface area contributed by atoms with Crippen molar-refractivity contribution in [3.05, 3.63) is 24.3 Å². The molecule has 0 fully saturated rings. The van der Waals surface area contributed by atoms with Crippen molar-refractivity contribution in [3.63, 3.8) is 0 Å². The van der Waals surface area contributed by atoms with Crippen LogP contribution in [0.4, 0.5) is 0 Å². The molecule has 6 heteroatoms. The summed E-state index contributed by atoms with van der Waals surface area (Å²) in [4.78, 5) is 24.4. The van der Waals surface area contributed by atoms with Crippen LogP contribution in [0.25, 0.3) is 0 Å². The average Bonchev–Trinajstić information content (AvgIpc) is 3.25. The first kappa shape index (κ1) is 58.3. The van der Waals surface area contributed by atoms with Gasteiger partial charge < -0.3 is 20.3 Å². The summed E-state index contributed by atoms with van der Waals surface area (Å²) >= 11 is 0. The predicted octanol–water partition coefficient (Wildman–Crippen LogP) is 15.9. The number of aliphatic hydroxyl groups is 2. The van der Waals surface area contributed by atoms with Gasteiger partial charge in [0.1, 0.15) is 0 Å². The normalized spacial score (nSPS) is 12.8. The molecule has 0 aromatic heterocycles. The fraction of sp³-hybridized carbons (Fsp3) is 0.889. The minimum atomic E-state index is -0.853. The Labute approximate surface area is 373 Å². The van der Waals surface area contributed by atoms with E-state index in [4.69, 9.17) is 4.74 Å². The van der Waals surface area contributed by atoms with E-state index in [1.807, 2.05) is 6.08 Å². The second-order valence-corrected chi connectivity index (χ2v) is 18.2. The molecule has 0 aromatic rings. The maximum atomic E-state index is 12.4. The Morgan fingerprint density at radius 3 is 1.18 bits per heavy atom. The van der Waals surface area contributed by atoms with E-state index in [1.54, 1.807) is 6.08 Å². The Morgan fingerprint density at radius 2 is 0.783 bits per heavy atom. The summed E-state index contributed by atoms with van der Waals surface area (Å²) in [6.07, 6.45) is 58.9. The number of unbranched alkanes of at least 4 members (excludes halogenated alkanes) is 36. The third kappa shape index (κ3) is 45.9. The molecular weight excluding hydrogens is 743 g/mol.